The summed E-state index contributed by atoms with van der Waals surface area (Å²) in [6, 6.07) is 5.11. The lowest BCUT2D eigenvalue weighted by atomic mass is 9.76. The molecule has 0 unspecified atom stereocenters. The first kappa shape index (κ1) is 18.7. The lowest BCUT2D eigenvalue weighted by Gasteiger charge is -2.39. The summed E-state index contributed by atoms with van der Waals surface area (Å²) in [5.41, 5.74) is 0.706. The summed E-state index contributed by atoms with van der Waals surface area (Å²) < 4.78 is 35.2. The van der Waals surface area contributed by atoms with Crippen molar-refractivity contribution in [3.63, 3.8) is 0 Å². The predicted octanol–water partition coefficient (Wildman–Crippen LogP) is 1.09. The van der Waals surface area contributed by atoms with Crippen molar-refractivity contribution in [2.75, 3.05) is 26.8 Å². The zero-order valence-electron chi connectivity index (χ0n) is 14.5. The maximum Gasteiger partial charge on any atom is 0.280 e. The van der Waals surface area contributed by atoms with Crippen LogP contribution in [0.1, 0.15) is 37.4 Å². The number of aliphatic hydroxyl groups excluding tert-OH is 1. The third kappa shape index (κ3) is 4.57. The summed E-state index contributed by atoms with van der Waals surface area (Å²) in [4.78, 5) is 4.33. The Balaban J connectivity index is 1.68. The summed E-state index contributed by atoms with van der Waals surface area (Å²) in [5, 5.41) is 9.62. The first-order valence-electron chi connectivity index (χ1n) is 8.85. The van der Waals surface area contributed by atoms with Crippen molar-refractivity contribution in [2.45, 2.75) is 37.8 Å². The molecular formula is C17H27N3O4S. The van der Waals surface area contributed by atoms with Crippen LogP contribution in [-0.2, 0) is 14.9 Å². The Bertz CT molecular complexity index is 641. The van der Waals surface area contributed by atoms with Gasteiger partial charge in [0.15, 0.2) is 0 Å². The maximum atomic E-state index is 12.9. The molecule has 2 N–H and O–H groups in total. The lowest BCUT2D eigenvalue weighted by molar-refractivity contribution is 0.0269. The second kappa shape index (κ2) is 8.09. The average molecular weight is 369 g/mol. The van der Waals surface area contributed by atoms with E-state index in [0.29, 0.717) is 44.1 Å². The normalized spacial score (nSPS) is 27.0. The molecule has 2 heterocycles. The minimum Gasteiger partial charge on any atom is -0.393 e. The van der Waals surface area contributed by atoms with Crippen LogP contribution >= 0.6 is 0 Å². The lowest BCUT2D eigenvalue weighted by Crippen LogP contribution is -2.49. The van der Waals surface area contributed by atoms with Crippen LogP contribution in [-0.4, -0.2) is 55.7 Å². The van der Waals surface area contributed by atoms with Gasteiger partial charge >= 0.3 is 0 Å². The molecule has 2 aliphatic rings. The molecule has 8 heteroatoms. The van der Waals surface area contributed by atoms with Gasteiger partial charge in [-0.05, 0) is 49.7 Å². The van der Waals surface area contributed by atoms with Crippen LogP contribution in [0.15, 0.2) is 24.4 Å². The maximum absolute atomic E-state index is 12.9. The van der Waals surface area contributed by atoms with E-state index >= 15 is 0 Å². The second-order valence-corrected chi connectivity index (χ2v) is 8.74. The van der Waals surface area contributed by atoms with E-state index in [0.717, 1.165) is 12.8 Å². The van der Waals surface area contributed by atoms with Gasteiger partial charge in [-0.15, -0.1) is 0 Å². The van der Waals surface area contributed by atoms with Gasteiger partial charge in [-0.3, -0.25) is 4.98 Å². The molecule has 0 amide bonds. The highest BCUT2D eigenvalue weighted by molar-refractivity contribution is 7.87. The average Bonchev–Trinajstić information content (AvgIpc) is 2.59. The molecule has 1 saturated heterocycles. The van der Waals surface area contributed by atoms with Crippen molar-refractivity contribution in [1.82, 2.24) is 14.0 Å². The molecule has 140 valence electrons. The largest absolute Gasteiger partial charge is 0.393 e. The van der Waals surface area contributed by atoms with Crippen LogP contribution in [0.5, 0.6) is 0 Å². The number of rotatable bonds is 7. The van der Waals surface area contributed by atoms with E-state index in [1.165, 1.54) is 4.31 Å². The number of aromatic nitrogens is 1. The molecule has 0 aromatic carbocycles. The Hall–Kier alpha value is -1.06. The first-order chi connectivity index (χ1) is 12.0. The molecule has 1 aromatic rings. The molecule has 1 aromatic heterocycles. The van der Waals surface area contributed by atoms with E-state index < -0.39 is 16.3 Å². The van der Waals surface area contributed by atoms with Gasteiger partial charge in [-0.25, -0.2) is 0 Å². The number of piperidine rings is 1. The monoisotopic (exact) mass is 369 g/mol. The number of nitrogens with one attached hydrogen (secondary N) is 1. The first-order valence-corrected chi connectivity index (χ1v) is 10.3. The van der Waals surface area contributed by atoms with Crippen LogP contribution in [0.2, 0.25) is 0 Å². The minimum atomic E-state index is -3.59. The summed E-state index contributed by atoms with van der Waals surface area (Å²) >= 11 is 0. The van der Waals surface area contributed by atoms with Gasteiger partial charge in [0.1, 0.15) is 0 Å². The number of ether oxygens (including phenoxy) is 1. The number of pyridine rings is 1. The van der Waals surface area contributed by atoms with Crippen molar-refractivity contribution in [3.8, 4) is 0 Å². The number of hydrogen-bond acceptors (Lipinski definition) is 5. The van der Waals surface area contributed by atoms with Crippen molar-refractivity contribution in [2.24, 2.45) is 11.8 Å². The Morgan fingerprint density at radius 1 is 1.36 bits per heavy atom. The van der Waals surface area contributed by atoms with Crippen LogP contribution in [0.4, 0.5) is 0 Å². The van der Waals surface area contributed by atoms with E-state index in [1.54, 1.807) is 13.3 Å². The van der Waals surface area contributed by atoms with Crippen molar-refractivity contribution in [3.05, 3.63) is 30.1 Å². The Morgan fingerprint density at radius 3 is 2.64 bits per heavy atom. The Morgan fingerprint density at radius 2 is 2.08 bits per heavy atom. The molecule has 1 aliphatic carbocycles. The minimum absolute atomic E-state index is 0.0747. The quantitative estimate of drug-likeness (QED) is 0.751. The highest BCUT2D eigenvalue weighted by Crippen LogP contribution is 2.38. The predicted molar refractivity (Wildman–Crippen MR) is 93.9 cm³/mol. The SMILES string of the molecule is COCC1CCN(S(=O)(=O)N[C@@H](c2ccccn2)C2CC(O)C2)CC1. The molecule has 0 spiro atoms. The molecule has 1 aliphatic heterocycles. The molecule has 25 heavy (non-hydrogen) atoms. The highest BCUT2D eigenvalue weighted by atomic mass is 32.2. The highest BCUT2D eigenvalue weighted by Gasteiger charge is 2.39. The number of methoxy groups -OCH3 is 1. The number of nitrogens with zero attached hydrogens (tertiary/aromatic N) is 2. The van der Waals surface area contributed by atoms with E-state index in [4.69, 9.17) is 4.74 Å². The third-order valence-corrected chi connectivity index (χ3v) is 6.82. The summed E-state index contributed by atoms with van der Waals surface area (Å²) in [5.74, 6) is 0.496. The molecule has 2 fully saturated rings. The van der Waals surface area contributed by atoms with Crippen molar-refractivity contribution >= 4 is 10.2 Å². The fourth-order valence-electron chi connectivity index (χ4n) is 3.65. The third-order valence-electron chi connectivity index (χ3n) is 5.22. The Labute approximate surface area is 149 Å². The smallest absolute Gasteiger partial charge is 0.280 e. The molecule has 1 atom stereocenters. The van der Waals surface area contributed by atoms with E-state index in [9.17, 15) is 13.5 Å². The van der Waals surface area contributed by atoms with E-state index in [-0.39, 0.29) is 12.0 Å². The molecule has 3 rings (SSSR count). The van der Waals surface area contributed by atoms with Crippen LogP contribution in [0, 0.1) is 11.8 Å². The summed E-state index contributed by atoms with van der Waals surface area (Å²) in [7, 11) is -1.91. The van der Waals surface area contributed by atoms with Gasteiger partial charge in [0, 0.05) is 33.0 Å². The number of aliphatic hydroxyl groups is 1. The van der Waals surface area contributed by atoms with Crippen LogP contribution in [0.3, 0.4) is 0 Å². The molecule has 1 saturated carbocycles. The van der Waals surface area contributed by atoms with Gasteiger partial charge in [0.25, 0.3) is 10.2 Å². The van der Waals surface area contributed by atoms with Gasteiger partial charge in [0.2, 0.25) is 0 Å². The zero-order chi connectivity index (χ0) is 17.9. The fraction of sp³-hybridized carbons (Fsp3) is 0.706. The van der Waals surface area contributed by atoms with Gasteiger partial charge in [-0.1, -0.05) is 6.07 Å². The second-order valence-electron chi connectivity index (χ2n) is 7.04. The van der Waals surface area contributed by atoms with Gasteiger partial charge in [0.05, 0.1) is 17.8 Å². The molecule has 7 nitrogen and oxygen atoms in total. The van der Waals surface area contributed by atoms with Crippen molar-refractivity contribution in [1.29, 1.82) is 0 Å². The van der Waals surface area contributed by atoms with E-state index in [2.05, 4.69) is 9.71 Å². The summed E-state index contributed by atoms with van der Waals surface area (Å²) in [6.07, 6.45) is 4.14. The standard InChI is InChI=1S/C17H27N3O4S/c1-24-12-13-5-8-20(9-6-13)25(22,23)19-17(14-10-15(21)11-14)16-4-2-3-7-18-16/h2-4,7,13-15,17,19,21H,5-6,8-12H2,1H3/t14?,15?,17-/m1/s1. The summed E-state index contributed by atoms with van der Waals surface area (Å²) in [6.45, 7) is 1.69. The van der Waals surface area contributed by atoms with E-state index in [1.807, 2.05) is 18.2 Å². The zero-order valence-corrected chi connectivity index (χ0v) is 15.4. The van der Waals surface area contributed by atoms with Crippen LogP contribution in [0.25, 0.3) is 0 Å². The molecule has 0 radical (unpaired) electrons. The topological polar surface area (TPSA) is 91.8 Å². The fourth-order valence-corrected chi connectivity index (χ4v) is 5.12. The molecule has 0 bridgehead atoms. The Kier molecular flexibility index (Phi) is 6.06. The van der Waals surface area contributed by atoms with Gasteiger partial charge < -0.3 is 9.84 Å². The number of hydrogen-bond donors (Lipinski definition) is 2. The van der Waals surface area contributed by atoms with Gasteiger partial charge in [-0.2, -0.15) is 17.4 Å². The van der Waals surface area contributed by atoms with Crippen LogP contribution < -0.4 is 4.72 Å². The molecular weight excluding hydrogens is 342 g/mol. The van der Waals surface area contributed by atoms with Crippen molar-refractivity contribution < 1.29 is 18.3 Å².